The molecule has 1 fully saturated rings. The number of carbonyl (C=O) groups is 1. The number of rotatable bonds is 5. The highest BCUT2D eigenvalue weighted by atomic mass is 16.2. The Bertz CT molecular complexity index is 787. The van der Waals surface area contributed by atoms with Crippen molar-refractivity contribution in [2.45, 2.75) is 65.5 Å². The summed E-state index contributed by atoms with van der Waals surface area (Å²) in [6.45, 7) is 9.28. The molecular formula is C20H30N6O. The minimum absolute atomic E-state index is 0.0183. The van der Waals surface area contributed by atoms with Gasteiger partial charge in [0.2, 0.25) is 0 Å². The van der Waals surface area contributed by atoms with Crippen LogP contribution >= 0.6 is 0 Å². The van der Waals surface area contributed by atoms with Gasteiger partial charge in [-0.3, -0.25) is 5.10 Å². The molecule has 3 heterocycles. The van der Waals surface area contributed by atoms with E-state index in [-0.39, 0.29) is 12.1 Å². The average Bonchev–Trinajstić information content (AvgIpc) is 3.00. The van der Waals surface area contributed by atoms with Crippen LogP contribution in [0, 0.1) is 13.8 Å². The molecule has 3 rings (SSSR count). The first-order chi connectivity index (χ1) is 12.9. The average molecular weight is 371 g/mol. The largest absolute Gasteiger partial charge is 0.354 e. The molecule has 0 radical (unpaired) electrons. The van der Waals surface area contributed by atoms with Crippen LogP contribution in [-0.2, 0) is 6.42 Å². The van der Waals surface area contributed by atoms with Crippen molar-refractivity contribution >= 4 is 17.5 Å². The first kappa shape index (κ1) is 19.2. The standard InChI is InChI=1S/C20H30N6O/c1-13-9-18(12-21-19(13)26-8-6-5-7-16(26)4)23-20(27)22-14(2)10-17-11-15(3)24-25-17/h9,11-12,14,16H,5-8,10H2,1-4H3,(H,24,25)(H2,22,23,27). The van der Waals surface area contributed by atoms with E-state index in [2.05, 4.69) is 44.6 Å². The van der Waals surface area contributed by atoms with Crippen LogP contribution in [-0.4, -0.2) is 39.8 Å². The molecule has 2 aromatic heterocycles. The van der Waals surface area contributed by atoms with E-state index in [1.54, 1.807) is 6.20 Å². The maximum Gasteiger partial charge on any atom is 0.319 e. The third-order valence-corrected chi connectivity index (χ3v) is 5.04. The number of aromatic amines is 1. The lowest BCUT2D eigenvalue weighted by molar-refractivity contribution is 0.249. The van der Waals surface area contributed by atoms with Crippen molar-refractivity contribution in [1.29, 1.82) is 0 Å². The summed E-state index contributed by atoms with van der Waals surface area (Å²) in [4.78, 5) is 19.3. The van der Waals surface area contributed by atoms with Crippen molar-refractivity contribution < 1.29 is 4.79 Å². The van der Waals surface area contributed by atoms with Gasteiger partial charge in [0.05, 0.1) is 17.6 Å². The number of amides is 2. The fourth-order valence-electron chi connectivity index (χ4n) is 3.68. The van der Waals surface area contributed by atoms with Gasteiger partial charge in [0.1, 0.15) is 5.82 Å². The summed E-state index contributed by atoms with van der Waals surface area (Å²) in [6.07, 6.45) is 6.12. The Morgan fingerprint density at radius 1 is 1.37 bits per heavy atom. The Hall–Kier alpha value is -2.57. The fraction of sp³-hybridized carbons (Fsp3) is 0.550. The van der Waals surface area contributed by atoms with Gasteiger partial charge in [-0.05, 0) is 64.7 Å². The predicted octanol–water partition coefficient (Wildman–Crippen LogP) is 3.55. The minimum atomic E-state index is -0.227. The number of aromatic nitrogens is 3. The van der Waals surface area contributed by atoms with Crippen LogP contribution in [0.3, 0.4) is 0 Å². The lowest BCUT2D eigenvalue weighted by Crippen LogP contribution is -2.39. The maximum absolute atomic E-state index is 12.3. The molecule has 0 aliphatic carbocycles. The van der Waals surface area contributed by atoms with Crippen LogP contribution in [0.5, 0.6) is 0 Å². The number of nitrogens with zero attached hydrogens (tertiary/aromatic N) is 3. The van der Waals surface area contributed by atoms with Crippen LogP contribution in [0.2, 0.25) is 0 Å². The van der Waals surface area contributed by atoms with Crippen LogP contribution in [0.15, 0.2) is 18.3 Å². The van der Waals surface area contributed by atoms with Gasteiger partial charge in [-0.25, -0.2) is 9.78 Å². The number of anilines is 2. The van der Waals surface area contributed by atoms with Crippen molar-refractivity contribution in [1.82, 2.24) is 20.5 Å². The Labute approximate surface area is 160 Å². The third kappa shape index (κ3) is 4.99. The molecule has 7 heteroatoms. The number of hydrogen-bond donors (Lipinski definition) is 3. The third-order valence-electron chi connectivity index (χ3n) is 5.04. The summed E-state index contributed by atoms with van der Waals surface area (Å²) in [6, 6.07) is 4.25. The van der Waals surface area contributed by atoms with Crippen LogP contribution in [0.1, 0.15) is 50.1 Å². The fourth-order valence-corrected chi connectivity index (χ4v) is 3.68. The molecule has 1 aliphatic heterocycles. The Morgan fingerprint density at radius 2 is 2.19 bits per heavy atom. The molecule has 0 saturated carbocycles. The normalized spacial score (nSPS) is 18.2. The van der Waals surface area contributed by atoms with E-state index < -0.39 is 0 Å². The van der Waals surface area contributed by atoms with Crippen molar-refractivity contribution in [3.63, 3.8) is 0 Å². The molecular weight excluding hydrogens is 340 g/mol. The van der Waals surface area contributed by atoms with Crippen LogP contribution in [0.25, 0.3) is 0 Å². The Morgan fingerprint density at radius 3 is 2.85 bits per heavy atom. The molecule has 2 aromatic rings. The number of H-pyrrole nitrogens is 1. The molecule has 2 unspecified atom stereocenters. The van der Waals surface area contributed by atoms with Gasteiger partial charge in [-0.1, -0.05) is 0 Å². The van der Waals surface area contributed by atoms with Gasteiger partial charge in [0.15, 0.2) is 0 Å². The quantitative estimate of drug-likeness (QED) is 0.751. The number of hydrogen-bond acceptors (Lipinski definition) is 4. The first-order valence-corrected chi connectivity index (χ1v) is 9.74. The molecule has 0 aromatic carbocycles. The van der Waals surface area contributed by atoms with Gasteiger partial charge in [-0.15, -0.1) is 0 Å². The number of urea groups is 1. The Balaban J connectivity index is 1.56. The maximum atomic E-state index is 12.3. The zero-order valence-corrected chi connectivity index (χ0v) is 16.7. The summed E-state index contributed by atoms with van der Waals surface area (Å²) in [5.74, 6) is 1.02. The zero-order chi connectivity index (χ0) is 19.4. The zero-order valence-electron chi connectivity index (χ0n) is 16.7. The number of nitrogens with one attached hydrogen (secondary N) is 3. The van der Waals surface area contributed by atoms with Gasteiger partial charge in [0, 0.05) is 30.7 Å². The molecule has 7 nitrogen and oxygen atoms in total. The van der Waals surface area contributed by atoms with Crippen LogP contribution in [0.4, 0.5) is 16.3 Å². The highest BCUT2D eigenvalue weighted by Crippen LogP contribution is 2.27. The molecule has 3 N–H and O–H groups in total. The summed E-state index contributed by atoms with van der Waals surface area (Å²) < 4.78 is 0. The van der Waals surface area contributed by atoms with Crippen molar-refractivity contribution in [3.05, 3.63) is 35.3 Å². The number of aryl methyl sites for hydroxylation is 2. The Kier molecular flexibility index (Phi) is 5.98. The van der Waals surface area contributed by atoms with E-state index in [4.69, 9.17) is 0 Å². The lowest BCUT2D eigenvalue weighted by atomic mass is 10.0. The van der Waals surface area contributed by atoms with E-state index in [1.807, 2.05) is 26.0 Å². The van der Waals surface area contributed by atoms with Gasteiger partial charge in [0.25, 0.3) is 0 Å². The SMILES string of the molecule is Cc1cc(CC(C)NC(=O)Nc2cnc(N3CCCCC3C)c(C)c2)n[nH]1. The molecule has 0 bridgehead atoms. The van der Waals surface area contributed by atoms with Crippen molar-refractivity contribution in [2.24, 2.45) is 0 Å². The highest BCUT2D eigenvalue weighted by Gasteiger charge is 2.21. The predicted molar refractivity (Wildman–Crippen MR) is 108 cm³/mol. The molecule has 2 atom stereocenters. The molecule has 1 aliphatic rings. The van der Waals surface area contributed by atoms with Crippen molar-refractivity contribution in [2.75, 3.05) is 16.8 Å². The highest BCUT2D eigenvalue weighted by molar-refractivity contribution is 5.89. The second kappa shape index (κ2) is 8.41. The van der Waals surface area contributed by atoms with E-state index >= 15 is 0 Å². The summed E-state index contributed by atoms with van der Waals surface area (Å²) in [5, 5.41) is 13.0. The van der Waals surface area contributed by atoms with Gasteiger partial charge < -0.3 is 15.5 Å². The lowest BCUT2D eigenvalue weighted by Gasteiger charge is -2.35. The van der Waals surface area contributed by atoms with Gasteiger partial charge >= 0.3 is 6.03 Å². The van der Waals surface area contributed by atoms with E-state index in [0.717, 1.165) is 29.3 Å². The molecule has 146 valence electrons. The molecule has 1 saturated heterocycles. The smallest absolute Gasteiger partial charge is 0.319 e. The number of piperidine rings is 1. The topological polar surface area (TPSA) is 85.9 Å². The number of carbonyl (C=O) groups excluding carboxylic acids is 1. The first-order valence-electron chi connectivity index (χ1n) is 9.74. The monoisotopic (exact) mass is 370 g/mol. The second-order valence-corrected chi connectivity index (χ2v) is 7.65. The number of pyridine rings is 1. The summed E-state index contributed by atoms with van der Waals surface area (Å²) in [5.41, 5.74) is 3.76. The summed E-state index contributed by atoms with van der Waals surface area (Å²) >= 11 is 0. The van der Waals surface area contributed by atoms with E-state index in [9.17, 15) is 4.79 Å². The second-order valence-electron chi connectivity index (χ2n) is 7.65. The summed E-state index contributed by atoms with van der Waals surface area (Å²) in [7, 11) is 0. The van der Waals surface area contributed by atoms with E-state index in [1.165, 1.54) is 19.3 Å². The minimum Gasteiger partial charge on any atom is -0.354 e. The van der Waals surface area contributed by atoms with E-state index in [0.29, 0.717) is 18.2 Å². The van der Waals surface area contributed by atoms with Crippen molar-refractivity contribution in [3.8, 4) is 0 Å². The van der Waals surface area contributed by atoms with Gasteiger partial charge in [-0.2, -0.15) is 5.10 Å². The molecule has 27 heavy (non-hydrogen) atoms. The molecule has 0 spiro atoms. The molecule has 2 amide bonds. The van der Waals surface area contributed by atoms with Crippen LogP contribution < -0.4 is 15.5 Å².